The number of nitrogens with zero attached hydrogens (tertiary/aromatic N) is 1. The van der Waals surface area contributed by atoms with Crippen molar-refractivity contribution in [2.24, 2.45) is 0 Å². The number of likely N-dealkylation sites (tertiary alicyclic amines) is 1. The molecule has 4 heteroatoms. The summed E-state index contributed by atoms with van der Waals surface area (Å²) in [6, 6.07) is 0. The highest BCUT2D eigenvalue weighted by molar-refractivity contribution is 5.64. The van der Waals surface area contributed by atoms with E-state index in [9.17, 15) is 4.79 Å². The molecule has 4 N–H and O–H groups in total. The topological polar surface area (TPSA) is 67.3 Å². The first-order valence-electron chi connectivity index (χ1n) is 5.79. The van der Waals surface area contributed by atoms with Gasteiger partial charge in [-0.3, -0.25) is 4.90 Å². The van der Waals surface area contributed by atoms with Crippen molar-refractivity contribution in [1.29, 1.82) is 0 Å². The standard InChI is InChI=1S/C11H20N2O.H3N/c14-10-11(4-6-12-7-5-11)13-8-2-1-3-9-13;/h10,12H,1-9H2;1H3. The third kappa shape index (κ3) is 2.56. The molecule has 4 nitrogen and oxygen atoms in total. The van der Waals surface area contributed by atoms with Crippen LogP contribution in [0.5, 0.6) is 0 Å². The minimum Gasteiger partial charge on any atom is -0.344 e. The second kappa shape index (κ2) is 5.58. The second-order valence-electron chi connectivity index (χ2n) is 4.52. The molecule has 0 unspecified atom stereocenters. The van der Waals surface area contributed by atoms with Crippen LogP contribution in [0, 0.1) is 0 Å². The van der Waals surface area contributed by atoms with E-state index in [1.807, 2.05) is 0 Å². The van der Waals surface area contributed by atoms with Gasteiger partial charge in [0.1, 0.15) is 6.29 Å². The number of rotatable bonds is 2. The maximum absolute atomic E-state index is 11.3. The van der Waals surface area contributed by atoms with Crippen LogP contribution in [0.3, 0.4) is 0 Å². The Bertz CT molecular complexity index is 196. The summed E-state index contributed by atoms with van der Waals surface area (Å²) in [5.41, 5.74) is -0.119. The SMILES string of the molecule is N.O=CC1(N2CCCCC2)CCNCC1. The fourth-order valence-electron chi connectivity index (χ4n) is 2.71. The van der Waals surface area contributed by atoms with Crippen molar-refractivity contribution >= 4 is 6.29 Å². The van der Waals surface area contributed by atoms with Crippen LogP contribution in [0.15, 0.2) is 0 Å². The molecule has 15 heavy (non-hydrogen) atoms. The van der Waals surface area contributed by atoms with Crippen LogP contribution < -0.4 is 11.5 Å². The molecule has 0 spiro atoms. The van der Waals surface area contributed by atoms with E-state index in [-0.39, 0.29) is 11.7 Å². The van der Waals surface area contributed by atoms with Gasteiger partial charge >= 0.3 is 0 Å². The molecule has 2 rings (SSSR count). The van der Waals surface area contributed by atoms with Crippen molar-refractivity contribution < 1.29 is 4.79 Å². The zero-order chi connectivity index (χ0) is 9.86. The number of carbonyl (C=O) groups excluding carboxylic acids is 1. The molecule has 2 aliphatic rings. The number of hydrogen-bond donors (Lipinski definition) is 2. The van der Waals surface area contributed by atoms with E-state index in [0.717, 1.165) is 39.0 Å². The van der Waals surface area contributed by atoms with Gasteiger partial charge in [-0.2, -0.15) is 0 Å². The highest BCUT2D eigenvalue weighted by Crippen LogP contribution is 2.27. The highest BCUT2D eigenvalue weighted by Gasteiger charge is 2.37. The van der Waals surface area contributed by atoms with Crippen molar-refractivity contribution in [3.63, 3.8) is 0 Å². The summed E-state index contributed by atoms with van der Waals surface area (Å²) < 4.78 is 0. The normalized spacial score (nSPS) is 26.7. The maximum atomic E-state index is 11.3. The van der Waals surface area contributed by atoms with Gasteiger partial charge in [0.2, 0.25) is 0 Å². The molecule has 0 aliphatic carbocycles. The number of aldehydes is 1. The average molecular weight is 213 g/mol. The molecule has 2 saturated heterocycles. The fourth-order valence-corrected chi connectivity index (χ4v) is 2.71. The Hall–Kier alpha value is -0.450. The van der Waals surface area contributed by atoms with Gasteiger partial charge in [0.25, 0.3) is 0 Å². The van der Waals surface area contributed by atoms with Gasteiger partial charge in [0.05, 0.1) is 5.54 Å². The lowest BCUT2D eigenvalue weighted by molar-refractivity contribution is -0.121. The molecule has 0 aromatic heterocycles. The summed E-state index contributed by atoms with van der Waals surface area (Å²) in [6.07, 6.45) is 7.07. The van der Waals surface area contributed by atoms with Crippen molar-refractivity contribution in [3.8, 4) is 0 Å². The molecule has 0 saturated carbocycles. The third-order valence-corrected chi connectivity index (χ3v) is 3.67. The summed E-state index contributed by atoms with van der Waals surface area (Å²) in [5.74, 6) is 0. The van der Waals surface area contributed by atoms with Gasteiger partial charge in [-0.05, 0) is 51.9 Å². The Morgan fingerprint density at radius 1 is 1.07 bits per heavy atom. The molecular formula is C11H23N3O. The zero-order valence-corrected chi connectivity index (χ0v) is 9.50. The lowest BCUT2D eigenvalue weighted by atomic mass is 9.86. The van der Waals surface area contributed by atoms with E-state index in [1.54, 1.807) is 0 Å². The van der Waals surface area contributed by atoms with Crippen LogP contribution in [0.2, 0.25) is 0 Å². The van der Waals surface area contributed by atoms with Crippen LogP contribution in [-0.2, 0) is 4.79 Å². The first kappa shape index (κ1) is 12.6. The Morgan fingerprint density at radius 2 is 1.67 bits per heavy atom. The summed E-state index contributed by atoms with van der Waals surface area (Å²) in [5, 5.41) is 3.33. The molecule has 0 atom stereocenters. The smallest absolute Gasteiger partial charge is 0.140 e. The highest BCUT2D eigenvalue weighted by atomic mass is 16.1. The maximum Gasteiger partial charge on any atom is 0.140 e. The predicted molar refractivity (Wildman–Crippen MR) is 61.3 cm³/mol. The molecular weight excluding hydrogens is 190 g/mol. The monoisotopic (exact) mass is 213 g/mol. The van der Waals surface area contributed by atoms with Crippen molar-refractivity contribution in [2.45, 2.75) is 37.6 Å². The van der Waals surface area contributed by atoms with Gasteiger partial charge in [0, 0.05) is 0 Å². The molecule has 2 aliphatic heterocycles. The molecule has 0 radical (unpaired) electrons. The average Bonchev–Trinajstić information content (AvgIpc) is 2.31. The summed E-state index contributed by atoms with van der Waals surface area (Å²) in [6.45, 7) is 4.24. The quantitative estimate of drug-likeness (QED) is 0.670. The number of nitrogens with one attached hydrogen (secondary N) is 1. The molecule has 0 aromatic rings. The van der Waals surface area contributed by atoms with E-state index in [0.29, 0.717) is 0 Å². The summed E-state index contributed by atoms with van der Waals surface area (Å²) >= 11 is 0. The minimum absolute atomic E-state index is 0. The van der Waals surface area contributed by atoms with Crippen LogP contribution in [0.4, 0.5) is 0 Å². The summed E-state index contributed by atoms with van der Waals surface area (Å²) in [7, 11) is 0. The Labute approximate surface area is 92.0 Å². The predicted octanol–water partition coefficient (Wildman–Crippen LogP) is 0.955. The van der Waals surface area contributed by atoms with E-state index in [1.165, 1.54) is 25.5 Å². The number of carbonyl (C=O) groups is 1. The van der Waals surface area contributed by atoms with Crippen LogP contribution >= 0.6 is 0 Å². The number of piperidine rings is 2. The van der Waals surface area contributed by atoms with Crippen LogP contribution in [-0.4, -0.2) is 42.9 Å². The Balaban J connectivity index is 0.00000112. The van der Waals surface area contributed by atoms with Crippen molar-refractivity contribution in [1.82, 2.24) is 16.4 Å². The second-order valence-corrected chi connectivity index (χ2v) is 4.52. The van der Waals surface area contributed by atoms with Gasteiger partial charge in [-0.1, -0.05) is 6.42 Å². The third-order valence-electron chi connectivity index (χ3n) is 3.67. The van der Waals surface area contributed by atoms with Gasteiger partial charge in [0.15, 0.2) is 0 Å². The molecule has 0 amide bonds. The first-order valence-corrected chi connectivity index (χ1v) is 5.79. The number of hydrogen-bond acceptors (Lipinski definition) is 4. The molecule has 2 fully saturated rings. The Morgan fingerprint density at radius 3 is 2.20 bits per heavy atom. The van der Waals surface area contributed by atoms with E-state index in [4.69, 9.17) is 0 Å². The largest absolute Gasteiger partial charge is 0.344 e. The molecule has 0 aromatic carbocycles. The molecule has 2 heterocycles. The van der Waals surface area contributed by atoms with Gasteiger partial charge < -0.3 is 16.3 Å². The van der Waals surface area contributed by atoms with E-state index in [2.05, 4.69) is 10.2 Å². The zero-order valence-electron chi connectivity index (χ0n) is 9.50. The van der Waals surface area contributed by atoms with Crippen molar-refractivity contribution in [3.05, 3.63) is 0 Å². The molecule has 88 valence electrons. The minimum atomic E-state index is -0.119. The van der Waals surface area contributed by atoms with Crippen molar-refractivity contribution in [2.75, 3.05) is 26.2 Å². The lowest BCUT2D eigenvalue weighted by Gasteiger charge is -2.44. The van der Waals surface area contributed by atoms with Crippen LogP contribution in [0.25, 0.3) is 0 Å². The Kier molecular flexibility index (Phi) is 4.70. The fraction of sp³-hybridized carbons (Fsp3) is 0.909. The molecule has 0 bridgehead atoms. The van der Waals surface area contributed by atoms with E-state index < -0.39 is 0 Å². The first-order chi connectivity index (χ1) is 6.87. The van der Waals surface area contributed by atoms with Gasteiger partial charge in [-0.25, -0.2) is 0 Å². The lowest BCUT2D eigenvalue weighted by Crippen LogP contribution is -2.57. The van der Waals surface area contributed by atoms with Crippen LogP contribution in [0.1, 0.15) is 32.1 Å². The van der Waals surface area contributed by atoms with Gasteiger partial charge in [-0.15, -0.1) is 0 Å². The summed E-state index contributed by atoms with van der Waals surface area (Å²) in [4.78, 5) is 13.7. The van der Waals surface area contributed by atoms with E-state index >= 15 is 0 Å².